The van der Waals surface area contributed by atoms with Gasteiger partial charge >= 0.3 is 12.3 Å². The quantitative estimate of drug-likeness (QED) is 0.853. The van der Waals surface area contributed by atoms with Crippen molar-refractivity contribution in [1.82, 2.24) is 10.3 Å². The molecule has 0 aliphatic rings. The van der Waals surface area contributed by atoms with Gasteiger partial charge in [-0.05, 0) is 0 Å². The van der Waals surface area contributed by atoms with Crippen molar-refractivity contribution in [3.05, 3.63) is 12.0 Å². The standard InChI is InChI=1S/C9H13F3N2O2/c1-6(2)13-3-7-4-15-8(14-7)16-5-9(10,11)12/h4,6,13H,3,5H2,1-2H3. The van der Waals surface area contributed by atoms with Crippen LogP contribution in [0.3, 0.4) is 0 Å². The summed E-state index contributed by atoms with van der Waals surface area (Å²) in [5.74, 6) is 0. The molecule has 16 heavy (non-hydrogen) atoms. The van der Waals surface area contributed by atoms with E-state index >= 15 is 0 Å². The van der Waals surface area contributed by atoms with Crippen LogP contribution in [0.25, 0.3) is 0 Å². The molecule has 0 bridgehead atoms. The van der Waals surface area contributed by atoms with E-state index in [1.54, 1.807) is 0 Å². The smallest absolute Gasteiger partial charge is 0.422 e. The van der Waals surface area contributed by atoms with E-state index in [1.165, 1.54) is 6.26 Å². The Bertz CT molecular complexity index is 323. The number of aromatic nitrogens is 1. The molecule has 1 aromatic rings. The maximum Gasteiger partial charge on any atom is 0.422 e. The molecule has 0 fully saturated rings. The predicted molar refractivity (Wildman–Crippen MR) is 50.0 cm³/mol. The van der Waals surface area contributed by atoms with Gasteiger partial charge in [0.15, 0.2) is 6.61 Å². The number of oxazole rings is 1. The van der Waals surface area contributed by atoms with Crippen molar-refractivity contribution in [2.24, 2.45) is 0 Å². The molecule has 0 atom stereocenters. The molecule has 0 aliphatic carbocycles. The first-order valence-corrected chi connectivity index (χ1v) is 4.74. The number of ether oxygens (including phenoxy) is 1. The predicted octanol–water partition coefficient (Wildman–Crippen LogP) is 2.11. The van der Waals surface area contributed by atoms with Gasteiger partial charge in [-0.2, -0.15) is 18.2 Å². The summed E-state index contributed by atoms with van der Waals surface area (Å²) in [6, 6.07) is 0.260. The lowest BCUT2D eigenvalue weighted by molar-refractivity contribution is -0.156. The number of nitrogens with one attached hydrogen (secondary N) is 1. The summed E-state index contributed by atoms with van der Waals surface area (Å²) in [7, 11) is 0. The average Bonchev–Trinajstić information content (AvgIpc) is 2.58. The van der Waals surface area contributed by atoms with E-state index in [0.717, 1.165) is 0 Å². The molecule has 7 heteroatoms. The van der Waals surface area contributed by atoms with Gasteiger partial charge in [0, 0.05) is 12.6 Å². The molecule has 92 valence electrons. The van der Waals surface area contributed by atoms with Crippen LogP contribution in [-0.2, 0) is 6.54 Å². The molecule has 1 heterocycles. The average molecular weight is 238 g/mol. The van der Waals surface area contributed by atoms with Gasteiger partial charge in [0.25, 0.3) is 0 Å². The fourth-order valence-corrected chi connectivity index (χ4v) is 0.888. The summed E-state index contributed by atoms with van der Waals surface area (Å²) in [5.41, 5.74) is 0.505. The third kappa shape index (κ3) is 5.01. The zero-order valence-electron chi connectivity index (χ0n) is 8.97. The Morgan fingerprint density at radius 2 is 2.19 bits per heavy atom. The molecule has 0 aromatic carbocycles. The highest BCUT2D eigenvalue weighted by atomic mass is 19.4. The maximum absolute atomic E-state index is 11.8. The highest BCUT2D eigenvalue weighted by Crippen LogP contribution is 2.17. The van der Waals surface area contributed by atoms with Crippen LogP contribution in [0.5, 0.6) is 6.08 Å². The van der Waals surface area contributed by atoms with Crippen LogP contribution >= 0.6 is 0 Å². The van der Waals surface area contributed by atoms with Gasteiger partial charge in [-0.3, -0.25) is 0 Å². The van der Waals surface area contributed by atoms with E-state index in [0.29, 0.717) is 12.2 Å². The number of halogens is 3. The topological polar surface area (TPSA) is 47.3 Å². The lowest BCUT2D eigenvalue weighted by Gasteiger charge is -2.05. The van der Waals surface area contributed by atoms with Crippen molar-refractivity contribution in [3.8, 4) is 6.08 Å². The van der Waals surface area contributed by atoms with Crippen LogP contribution in [0.15, 0.2) is 10.7 Å². The molecule has 1 rings (SSSR count). The Labute approximate surface area is 90.8 Å². The van der Waals surface area contributed by atoms with Crippen LogP contribution in [0.2, 0.25) is 0 Å². The van der Waals surface area contributed by atoms with E-state index in [4.69, 9.17) is 4.42 Å². The second-order valence-electron chi connectivity index (χ2n) is 3.54. The second kappa shape index (κ2) is 5.20. The first kappa shape index (κ1) is 12.8. The van der Waals surface area contributed by atoms with Crippen LogP contribution < -0.4 is 10.1 Å². The minimum Gasteiger partial charge on any atom is -0.441 e. The Hall–Kier alpha value is -1.24. The van der Waals surface area contributed by atoms with Gasteiger partial charge in [0.2, 0.25) is 0 Å². The Morgan fingerprint density at radius 1 is 1.50 bits per heavy atom. The molecule has 1 aromatic heterocycles. The lowest BCUT2D eigenvalue weighted by atomic mass is 10.4. The van der Waals surface area contributed by atoms with Crippen LogP contribution in [0.4, 0.5) is 13.2 Å². The number of hydrogen-bond acceptors (Lipinski definition) is 4. The SMILES string of the molecule is CC(C)NCc1coc(OCC(F)(F)F)n1. The zero-order chi connectivity index (χ0) is 12.2. The molecule has 0 saturated heterocycles. The molecule has 0 saturated carbocycles. The van der Waals surface area contributed by atoms with Gasteiger partial charge in [0.05, 0.1) is 5.69 Å². The zero-order valence-corrected chi connectivity index (χ0v) is 8.97. The fourth-order valence-electron chi connectivity index (χ4n) is 0.888. The minimum absolute atomic E-state index is 0.260. The molecule has 0 spiro atoms. The highest BCUT2D eigenvalue weighted by molar-refractivity contribution is 4.99. The Kier molecular flexibility index (Phi) is 4.17. The van der Waals surface area contributed by atoms with Gasteiger partial charge in [-0.1, -0.05) is 13.8 Å². The first-order valence-electron chi connectivity index (χ1n) is 4.74. The van der Waals surface area contributed by atoms with Crippen LogP contribution in [0.1, 0.15) is 19.5 Å². The van der Waals surface area contributed by atoms with Gasteiger partial charge in [0.1, 0.15) is 6.26 Å². The third-order valence-electron chi connectivity index (χ3n) is 1.58. The van der Waals surface area contributed by atoms with Gasteiger partial charge in [-0.15, -0.1) is 0 Å². The molecular weight excluding hydrogens is 225 g/mol. The first-order chi connectivity index (χ1) is 7.37. The fraction of sp³-hybridized carbons (Fsp3) is 0.667. The maximum atomic E-state index is 11.8. The summed E-state index contributed by atoms with van der Waals surface area (Å²) < 4.78 is 44.4. The van der Waals surface area contributed by atoms with E-state index in [-0.39, 0.29) is 12.1 Å². The van der Waals surface area contributed by atoms with Crippen molar-refractivity contribution >= 4 is 0 Å². The highest BCUT2D eigenvalue weighted by Gasteiger charge is 2.29. The van der Waals surface area contributed by atoms with Crippen molar-refractivity contribution in [1.29, 1.82) is 0 Å². The van der Waals surface area contributed by atoms with Crippen molar-refractivity contribution in [2.45, 2.75) is 32.6 Å². The summed E-state index contributed by atoms with van der Waals surface area (Å²) in [5, 5.41) is 3.05. The monoisotopic (exact) mass is 238 g/mol. The molecule has 0 unspecified atom stereocenters. The summed E-state index contributed by atoms with van der Waals surface area (Å²) >= 11 is 0. The van der Waals surface area contributed by atoms with E-state index < -0.39 is 12.8 Å². The molecule has 0 aliphatic heterocycles. The van der Waals surface area contributed by atoms with E-state index in [9.17, 15) is 13.2 Å². The molecule has 0 radical (unpaired) electrons. The number of rotatable bonds is 5. The van der Waals surface area contributed by atoms with Gasteiger partial charge in [-0.25, -0.2) is 0 Å². The lowest BCUT2D eigenvalue weighted by Crippen LogP contribution is -2.22. The minimum atomic E-state index is -4.38. The number of hydrogen-bond donors (Lipinski definition) is 1. The molecule has 4 nitrogen and oxygen atoms in total. The summed E-state index contributed by atoms with van der Waals surface area (Å²) in [6.45, 7) is 2.92. The summed E-state index contributed by atoms with van der Waals surface area (Å²) in [4.78, 5) is 3.73. The molecule has 1 N–H and O–H groups in total. The second-order valence-corrected chi connectivity index (χ2v) is 3.54. The number of nitrogens with zero attached hydrogens (tertiary/aromatic N) is 1. The van der Waals surface area contributed by atoms with E-state index in [2.05, 4.69) is 15.0 Å². The number of alkyl halides is 3. The molecular formula is C9H13F3N2O2. The largest absolute Gasteiger partial charge is 0.441 e. The van der Waals surface area contributed by atoms with Crippen molar-refractivity contribution in [2.75, 3.05) is 6.61 Å². The third-order valence-corrected chi connectivity index (χ3v) is 1.58. The summed E-state index contributed by atoms with van der Waals surface area (Å²) in [6.07, 6.45) is -3.48. The van der Waals surface area contributed by atoms with Crippen molar-refractivity contribution in [3.63, 3.8) is 0 Å². The van der Waals surface area contributed by atoms with E-state index in [1.807, 2.05) is 13.8 Å². The molecule has 0 amide bonds. The van der Waals surface area contributed by atoms with Crippen molar-refractivity contribution < 1.29 is 22.3 Å². The Morgan fingerprint density at radius 3 is 2.75 bits per heavy atom. The Balaban J connectivity index is 2.39. The van der Waals surface area contributed by atoms with Gasteiger partial charge < -0.3 is 14.5 Å². The normalized spacial score (nSPS) is 12.1. The van der Waals surface area contributed by atoms with Crippen LogP contribution in [-0.4, -0.2) is 23.8 Å². The van der Waals surface area contributed by atoms with Crippen LogP contribution in [0, 0.1) is 0 Å².